The SMILES string of the molecule is Cc1ncc(C(N)c2coc3ccccc23)n1C. The van der Waals surface area contributed by atoms with E-state index < -0.39 is 0 Å². The molecule has 4 nitrogen and oxygen atoms in total. The topological polar surface area (TPSA) is 57.0 Å². The third kappa shape index (κ3) is 1.54. The number of hydrogen-bond acceptors (Lipinski definition) is 3. The Bertz CT molecular complexity index is 696. The minimum atomic E-state index is -0.222. The van der Waals surface area contributed by atoms with Gasteiger partial charge in [-0.1, -0.05) is 18.2 Å². The molecule has 0 aliphatic rings. The second kappa shape index (κ2) is 3.99. The number of imidazole rings is 1. The van der Waals surface area contributed by atoms with Gasteiger partial charge >= 0.3 is 0 Å². The zero-order valence-corrected chi connectivity index (χ0v) is 10.4. The van der Waals surface area contributed by atoms with Crippen LogP contribution in [0.1, 0.15) is 23.1 Å². The number of nitrogens with two attached hydrogens (primary N) is 1. The highest BCUT2D eigenvalue weighted by Crippen LogP contribution is 2.28. The third-order valence-corrected chi connectivity index (χ3v) is 3.42. The zero-order valence-electron chi connectivity index (χ0n) is 10.4. The Balaban J connectivity index is 2.12. The maximum absolute atomic E-state index is 6.32. The lowest BCUT2D eigenvalue weighted by Crippen LogP contribution is -2.15. The van der Waals surface area contributed by atoms with E-state index in [1.807, 2.05) is 49.0 Å². The van der Waals surface area contributed by atoms with E-state index in [0.29, 0.717) is 0 Å². The molecule has 92 valence electrons. The highest BCUT2D eigenvalue weighted by Gasteiger charge is 2.18. The Morgan fingerprint density at radius 2 is 2.11 bits per heavy atom. The van der Waals surface area contributed by atoms with Gasteiger partial charge in [0.05, 0.1) is 24.2 Å². The lowest BCUT2D eigenvalue weighted by Gasteiger charge is -2.11. The van der Waals surface area contributed by atoms with Crippen LogP contribution >= 0.6 is 0 Å². The van der Waals surface area contributed by atoms with Gasteiger partial charge in [-0.2, -0.15) is 0 Å². The molecule has 1 atom stereocenters. The molecule has 1 aromatic carbocycles. The van der Waals surface area contributed by atoms with Crippen molar-refractivity contribution in [3.63, 3.8) is 0 Å². The third-order valence-electron chi connectivity index (χ3n) is 3.42. The first-order chi connectivity index (χ1) is 8.68. The molecule has 0 saturated carbocycles. The Kier molecular flexibility index (Phi) is 2.45. The van der Waals surface area contributed by atoms with Crippen molar-refractivity contribution in [1.29, 1.82) is 0 Å². The number of hydrogen-bond donors (Lipinski definition) is 1. The van der Waals surface area contributed by atoms with Crippen LogP contribution in [0, 0.1) is 6.92 Å². The lowest BCUT2D eigenvalue weighted by molar-refractivity contribution is 0.604. The molecule has 3 aromatic rings. The molecule has 0 bridgehead atoms. The molecule has 18 heavy (non-hydrogen) atoms. The smallest absolute Gasteiger partial charge is 0.134 e. The summed E-state index contributed by atoms with van der Waals surface area (Å²) in [5, 5.41) is 1.06. The van der Waals surface area contributed by atoms with E-state index in [1.54, 1.807) is 6.26 Å². The molecule has 2 N–H and O–H groups in total. The largest absolute Gasteiger partial charge is 0.464 e. The van der Waals surface area contributed by atoms with Gasteiger partial charge < -0.3 is 14.7 Å². The first-order valence-corrected chi connectivity index (χ1v) is 5.88. The lowest BCUT2D eigenvalue weighted by atomic mass is 10.0. The van der Waals surface area contributed by atoms with Gasteiger partial charge in [-0.15, -0.1) is 0 Å². The maximum atomic E-state index is 6.32. The van der Waals surface area contributed by atoms with Crippen LogP contribution in [0.25, 0.3) is 11.0 Å². The number of fused-ring (bicyclic) bond motifs is 1. The average molecular weight is 241 g/mol. The quantitative estimate of drug-likeness (QED) is 0.750. The molecule has 0 radical (unpaired) electrons. The summed E-state index contributed by atoms with van der Waals surface area (Å²) in [5.41, 5.74) is 9.16. The Hall–Kier alpha value is -2.07. The van der Waals surface area contributed by atoms with Crippen LogP contribution in [0.4, 0.5) is 0 Å². The van der Waals surface area contributed by atoms with Gasteiger partial charge in [-0.25, -0.2) is 4.98 Å². The number of nitrogens with zero attached hydrogens (tertiary/aromatic N) is 2. The molecule has 0 spiro atoms. The minimum absolute atomic E-state index is 0.222. The zero-order chi connectivity index (χ0) is 12.7. The van der Waals surface area contributed by atoms with E-state index in [1.165, 1.54) is 0 Å². The Morgan fingerprint density at radius 3 is 2.83 bits per heavy atom. The molecule has 2 heterocycles. The standard InChI is InChI=1S/C14H15N3O/c1-9-16-7-12(17(9)2)14(15)11-8-18-13-6-4-3-5-10(11)13/h3-8,14H,15H2,1-2H3. The van der Waals surface area contributed by atoms with E-state index in [4.69, 9.17) is 10.2 Å². The molecular formula is C14H15N3O. The van der Waals surface area contributed by atoms with Gasteiger partial charge in [-0.05, 0) is 13.0 Å². The number of aryl methyl sites for hydroxylation is 1. The van der Waals surface area contributed by atoms with Crippen LogP contribution in [0.5, 0.6) is 0 Å². The first kappa shape index (κ1) is 11.0. The van der Waals surface area contributed by atoms with Crippen LogP contribution in [0.3, 0.4) is 0 Å². The van der Waals surface area contributed by atoms with Crippen LogP contribution in [-0.4, -0.2) is 9.55 Å². The second-order valence-electron chi connectivity index (χ2n) is 4.45. The molecule has 0 saturated heterocycles. The van der Waals surface area contributed by atoms with Gasteiger partial charge in [0.1, 0.15) is 11.4 Å². The van der Waals surface area contributed by atoms with E-state index in [-0.39, 0.29) is 6.04 Å². The second-order valence-corrected chi connectivity index (χ2v) is 4.45. The predicted molar refractivity (Wildman–Crippen MR) is 70.2 cm³/mol. The van der Waals surface area contributed by atoms with Crippen molar-refractivity contribution in [2.45, 2.75) is 13.0 Å². The van der Waals surface area contributed by atoms with E-state index >= 15 is 0 Å². The van der Waals surface area contributed by atoms with Crippen molar-refractivity contribution in [2.24, 2.45) is 12.8 Å². The minimum Gasteiger partial charge on any atom is -0.464 e. The van der Waals surface area contributed by atoms with Crippen LogP contribution < -0.4 is 5.73 Å². The molecule has 3 rings (SSSR count). The normalized spacial score (nSPS) is 13.1. The fourth-order valence-electron chi connectivity index (χ4n) is 2.21. The van der Waals surface area contributed by atoms with Crippen molar-refractivity contribution in [1.82, 2.24) is 9.55 Å². The summed E-state index contributed by atoms with van der Waals surface area (Å²) in [6.45, 7) is 1.96. The molecule has 0 aliphatic heterocycles. The van der Waals surface area contributed by atoms with Crippen molar-refractivity contribution in [2.75, 3.05) is 0 Å². The van der Waals surface area contributed by atoms with E-state index in [2.05, 4.69) is 4.98 Å². The molecule has 0 amide bonds. The highest BCUT2D eigenvalue weighted by atomic mass is 16.3. The van der Waals surface area contributed by atoms with Gasteiger partial charge in [0, 0.05) is 18.0 Å². The van der Waals surface area contributed by atoms with Crippen molar-refractivity contribution in [3.05, 3.63) is 53.8 Å². The first-order valence-electron chi connectivity index (χ1n) is 5.88. The Labute approximate surface area is 105 Å². The summed E-state index contributed by atoms with van der Waals surface area (Å²) in [6.07, 6.45) is 3.56. The average Bonchev–Trinajstić information content (AvgIpc) is 2.94. The predicted octanol–water partition coefficient (Wildman–Crippen LogP) is 2.52. The summed E-state index contributed by atoms with van der Waals surface area (Å²) >= 11 is 0. The number of aromatic nitrogens is 2. The van der Waals surface area contributed by atoms with Crippen molar-refractivity contribution >= 4 is 11.0 Å². The number of benzene rings is 1. The molecule has 1 unspecified atom stereocenters. The highest BCUT2D eigenvalue weighted by molar-refractivity contribution is 5.81. The van der Waals surface area contributed by atoms with Crippen LogP contribution in [0.2, 0.25) is 0 Å². The summed E-state index contributed by atoms with van der Waals surface area (Å²) in [6, 6.07) is 7.69. The fourth-order valence-corrected chi connectivity index (χ4v) is 2.21. The molecule has 4 heteroatoms. The van der Waals surface area contributed by atoms with Crippen LogP contribution in [0.15, 0.2) is 41.1 Å². The number of rotatable bonds is 2. The Morgan fingerprint density at radius 1 is 1.33 bits per heavy atom. The summed E-state index contributed by atoms with van der Waals surface area (Å²) in [4.78, 5) is 4.28. The van der Waals surface area contributed by atoms with Crippen LogP contribution in [-0.2, 0) is 7.05 Å². The summed E-state index contributed by atoms with van der Waals surface area (Å²) in [5.74, 6) is 0.952. The van der Waals surface area contributed by atoms with E-state index in [0.717, 1.165) is 28.1 Å². The molecule has 2 aromatic heterocycles. The molecule has 0 aliphatic carbocycles. The molecular weight excluding hydrogens is 226 g/mol. The van der Waals surface area contributed by atoms with Gasteiger partial charge in [-0.3, -0.25) is 0 Å². The molecule has 0 fully saturated rings. The summed E-state index contributed by atoms with van der Waals surface area (Å²) < 4.78 is 7.54. The van der Waals surface area contributed by atoms with Gasteiger partial charge in [0.2, 0.25) is 0 Å². The van der Waals surface area contributed by atoms with E-state index in [9.17, 15) is 0 Å². The monoisotopic (exact) mass is 241 g/mol. The van der Waals surface area contributed by atoms with Gasteiger partial charge in [0.25, 0.3) is 0 Å². The summed E-state index contributed by atoms with van der Waals surface area (Å²) in [7, 11) is 1.97. The maximum Gasteiger partial charge on any atom is 0.134 e. The van der Waals surface area contributed by atoms with Crippen molar-refractivity contribution in [3.8, 4) is 0 Å². The fraction of sp³-hybridized carbons (Fsp3) is 0.214. The van der Waals surface area contributed by atoms with Crippen molar-refractivity contribution < 1.29 is 4.42 Å². The number of para-hydroxylation sites is 1. The van der Waals surface area contributed by atoms with Gasteiger partial charge in [0.15, 0.2) is 0 Å². The number of furan rings is 1.